The van der Waals surface area contributed by atoms with Crippen LogP contribution in [-0.4, -0.2) is 32.6 Å². The van der Waals surface area contributed by atoms with Crippen molar-refractivity contribution in [3.05, 3.63) is 77.0 Å². The number of benzene rings is 2. The van der Waals surface area contributed by atoms with Gasteiger partial charge in [-0.3, -0.25) is 18.8 Å². The topological polar surface area (TPSA) is 119 Å². The van der Waals surface area contributed by atoms with E-state index in [-0.39, 0.29) is 11.4 Å². The molecule has 0 saturated carbocycles. The van der Waals surface area contributed by atoms with E-state index in [2.05, 4.69) is 14.7 Å². The Morgan fingerprint density at radius 1 is 0.943 bits per heavy atom. The summed E-state index contributed by atoms with van der Waals surface area (Å²) >= 11 is 0. The van der Waals surface area contributed by atoms with E-state index in [4.69, 9.17) is 0 Å². The zero-order chi connectivity index (χ0) is 25.1. The molecule has 0 aliphatic rings. The minimum absolute atomic E-state index is 0.212. The van der Waals surface area contributed by atoms with E-state index in [1.165, 1.54) is 21.4 Å². The lowest BCUT2D eigenvalue weighted by Crippen LogP contribution is -2.19. The Morgan fingerprint density at radius 2 is 1.71 bits per heavy atom. The van der Waals surface area contributed by atoms with Crippen molar-refractivity contribution in [3.8, 4) is 17.0 Å². The predicted molar refractivity (Wildman–Crippen MR) is 126 cm³/mol. The summed E-state index contributed by atoms with van der Waals surface area (Å²) in [6.07, 6.45) is 2.95. The van der Waals surface area contributed by atoms with Gasteiger partial charge in [-0.15, -0.1) is 0 Å². The van der Waals surface area contributed by atoms with Crippen LogP contribution in [0.2, 0.25) is 0 Å². The number of aromatic hydroxyl groups is 1. The number of hydrogen-bond donors (Lipinski definition) is 2. The number of aryl methyl sites for hydroxylation is 2. The highest BCUT2D eigenvalue weighted by molar-refractivity contribution is 7.92. The van der Waals surface area contributed by atoms with Crippen LogP contribution in [0.3, 0.4) is 0 Å². The molecule has 5 aromatic rings. The van der Waals surface area contributed by atoms with E-state index < -0.39 is 32.4 Å². The SMILES string of the molecule is Cn1c(=O)n(C)c2c3cc(-c4cnc(O)c(NS(=O)(=O)c5ccc(F)cc5F)c4)ccc3ncc21. The molecule has 5 rings (SSSR count). The Kier molecular flexibility index (Phi) is 5.06. The molecule has 0 amide bonds. The lowest BCUT2D eigenvalue weighted by atomic mass is 10.0. The third kappa shape index (κ3) is 3.67. The molecule has 0 aliphatic carbocycles. The Labute approximate surface area is 197 Å². The van der Waals surface area contributed by atoms with Crippen molar-refractivity contribution in [2.24, 2.45) is 14.1 Å². The van der Waals surface area contributed by atoms with E-state index in [1.807, 2.05) is 0 Å². The van der Waals surface area contributed by atoms with Gasteiger partial charge in [0.15, 0.2) is 0 Å². The maximum absolute atomic E-state index is 14.1. The first-order valence-corrected chi connectivity index (χ1v) is 11.7. The van der Waals surface area contributed by atoms with Crippen molar-refractivity contribution >= 4 is 37.6 Å². The monoisotopic (exact) mass is 497 g/mol. The molecule has 2 aromatic carbocycles. The predicted octanol–water partition coefficient (Wildman–Crippen LogP) is 3.27. The second kappa shape index (κ2) is 7.87. The molecule has 2 N–H and O–H groups in total. The van der Waals surface area contributed by atoms with Gasteiger partial charge in [0.25, 0.3) is 10.0 Å². The van der Waals surface area contributed by atoms with E-state index in [0.717, 1.165) is 12.1 Å². The molecule has 12 heteroatoms. The highest BCUT2D eigenvalue weighted by Gasteiger charge is 2.22. The Balaban J connectivity index is 1.61. The summed E-state index contributed by atoms with van der Waals surface area (Å²) in [5.41, 5.74) is 2.47. The Hall–Kier alpha value is -4.32. The van der Waals surface area contributed by atoms with Crippen LogP contribution in [0.15, 0.2) is 64.5 Å². The number of fused-ring (bicyclic) bond motifs is 3. The average molecular weight is 497 g/mol. The van der Waals surface area contributed by atoms with Crippen LogP contribution in [0, 0.1) is 11.6 Å². The molecule has 3 heterocycles. The van der Waals surface area contributed by atoms with Crippen molar-refractivity contribution in [3.63, 3.8) is 0 Å². The van der Waals surface area contributed by atoms with Crippen LogP contribution in [0.25, 0.3) is 33.1 Å². The average Bonchev–Trinajstić information content (AvgIpc) is 3.04. The van der Waals surface area contributed by atoms with Gasteiger partial charge in [-0.05, 0) is 35.9 Å². The molecule has 9 nitrogen and oxygen atoms in total. The number of nitrogens with zero attached hydrogens (tertiary/aromatic N) is 4. The highest BCUT2D eigenvalue weighted by atomic mass is 32.2. The summed E-state index contributed by atoms with van der Waals surface area (Å²) in [5, 5.41) is 10.8. The van der Waals surface area contributed by atoms with Gasteiger partial charge >= 0.3 is 5.69 Å². The van der Waals surface area contributed by atoms with E-state index in [9.17, 15) is 27.1 Å². The summed E-state index contributed by atoms with van der Waals surface area (Å²) < 4.78 is 57.7. The van der Waals surface area contributed by atoms with Crippen LogP contribution >= 0.6 is 0 Å². The van der Waals surface area contributed by atoms with Gasteiger partial charge < -0.3 is 5.11 Å². The Bertz CT molecular complexity index is 1830. The zero-order valence-corrected chi connectivity index (χ0v) is 19.1. The third-order valence-electron chi connectivity index (χ3n) is 5.72. The highest BCUT2D eigenvalue weighted by Crippen LogP contribution is 2.32. The fraction of sp³-hybridized carbons (Fsp3) is 0.0870. The minimum atomic E-state index is -4.50. The molecule has 0 aliphatic heterocycles. The fourth-order valence-corrected chi connectivity index (χ4v) is 5.07. The van der Waals surface area contributed by atoms with Crippen LogP contribution in [-0.2, 0) is 24.1 Å². The van der Waals surface area contributed by atoms with Gasteiger partial charge in [-0.1, -0.05) is 6.07 Å². The molecular formula is C23H17F2N5O4S. The van der Waals surface area contributed by atoms with Crippen LogP contribution in [0.1, 0.15) is 0 Å². The molecule has 0 bridgehead atoms. The standard InChI is InChI=1S/C23H17F2N5O4S/c1-29-19-11-26-17-5-3-12(7-15(17)21(19)30(2)23(29)32)13-8-18(22(31)27-10-13)28-35(33,34)20-6-4-14(24)9-16(20)25/h3-11,28H,1-2H3,(H,27,31). The second-order valence-corrected chi connectivity index (χ2v) is 9.55. The second-order valence-electron chi connectivity index (χ2n) is 7.90. The number of nitrogens with one attached hydrogen (secondary N) is 1. The van der Waals surface area contributed by atoms with E-state index >= 15 is 0 Å². The molecule has 0 spiro atoms. The Morgan fingerprint density at radius 3 is 2.46 bits per heavy atom. The molecule has 0 saturated heterocycles. The fourth-order valence-electron chi connectivity index (χ4n) is 3.95. The number of anilines is 1. The third-order valence-corrected chi connectivity index (χ3v) is 7.12. The summed E-state index contributed by atoms with van der Waals surface area (Å²) in [6, 6.07) is 8.63. The van der Waals surface area contributed by atoms with Crippen molar-refractivity contribution in [2.75, 3.05) is 4.72 Å². The summed E-state index contributed by atoms with van der Waals surface area (Å²) in [4.78, 5) is 19.9. The maximum atomic E-state index is 14.1. The smallest absolute Gasteiger partial charge is 0.328 e. The first-order valence-electron chi connectivity index (χ1n) is 10.2. The largest absolute Gasteiger partial charge is 0.492 e. The number of halogens is 2. The van der Waals surface area contributed by atoms with E-state index in [0.29, 0.717) is 39.1 Å². The number of sulfonamides is 1. The first-order chi connectivity index (χ1) is 16.6. The maximum Gasteiger partial charge on any atom is 0.328 e. The molecule has 0 atom stereocenters. The lowest BCUT2D eigenvalue weighted by molar-refractivity contribution is 0.456. The van der Waals surface area contributed by atoms with Gasteiger partial charge in [0.1, 0.15) is 22.2 Å². The summed E-state index contributed by atoms with van der Waals surface area (Å²) in [7, 11) is -1.20. The molecule has 0 radical (unpaired) electrons. The normalized spacial score (nSPS) is 11.9. The molecule has 3 aromatic heterocycles. The van der Waals surface area contributed by atoms with Crippen molar-refractivity contribution in [2.45, 2.75) is 4.90 Å². The summed E-state index contributed by atoms with van der Waals surface area (Å²) in [5.74, 6) is -2.83. The number of rotatable bonds is 4. The van der Waals surface area contributed by atoms with Crippen LogP contribution in [0.5, 0.6) is 5.88 Å². The number of pyridine rings is 2. The molecule has 35 heavy (non-hydrogen) atoms. The van der Waals surface area contributed by atoms with Crippen LogP contribution in [0.4, 0.5) is 14.5 Å². The zero-order valence-electron chi connectivity index (χ0n) is 18.3. The van der Waals surface area contributed by atoms with Crippen LogP contribution < -0.4 is 10.4 Å². The van der Waals surface area contributed by atoms with Gasteiger partial charge in [-0.2, -0.15) is 0 Å². The quantitative estimate of drug-likeness (QED) is 0.393. The molecule has 0 fully saturated rings. The summed E-state index contributed by atoms with van der Waals surface area (Å²) in [6.45, 7) is 0. The lowest BCUT2D eigenvalue weighted by Gasteiger charge is -2.12. The number of aromatic nitrogens is 4. The van der Waals surface area contributed by atoms with Crippen molar-refractivity contribution < 1.29 is 22.3 Å². The number of imidazole rings is 1. The minimum Gasteiger partial charge on any atom is -0.492 e. The van der Waals surface area contributed by atoms with Gasteiger partial charge in [0.05, 0.1) is 22.7 Å². The van der Waals surface area contributed by atoms with Gasteiger partial charge in [-0.25, -0.2) is 27.0 Å². The van der Waals surface area contributed by atoms with Crippen molar-refractivity contribution in [1.82, 2.24) is 19.1 Å². The van der Waals surface area contributed by atoms with Gasteiger partial charge in [0.2, 0.25) is 5.88 Å². The first kappa shape index (κ1) is 22.5. The molecule has 0 unspecified atom stereocenters. The van der Waals surface area contributed by atoms with E-state index in [1.54, 1.807) is 38.5 Å². The van der Waals surface area contributed by atoms with Gasteiger partial charge in [0, 0.05) is 37.3 Å². The number of hydrogen-bond acceptors (Lipinski definition) is 6. The van der Waals surface area contributed by atoms with Crippen molar-refractivity contribution in [1.29, 1.82) is 0 Å². The molecule has 178 valence electrons. The molecular weight excluding hydrogens is 480 g/mol.